The predicted octanol–water partition coefficient (Wildman–Crippen LogP) is 2.14. The number of hydrogen-bond acceptors (Lipinski definition) is 6. The predicted molar refractivity (Wildman–Crippen MR) is 77.1 cm³/mol. The lowest BCUT2D eigenvalue weighted by Gasteiger charge is -2.30. The maximum absolute atomic E-state index is 5.78. The summed E-state index contributed by atoms with van der Waals surface area (Å²) in [5.74, 6) is 2.29. The summed E-state index contributed by atoms with van der Waals surface area (Å²) in [5.41, 5.74) is 0. The molecule has 2 saturated heterocycles. The normalized spacial score (nSPS) is 22.4. The maximum Gasteiger partial charge on any atom is 0.219 e. The van der Waals surface area contributed by atoms with Crippen molar-refractivity contribution in [3.05, 3.63) is 11.8 Å². The Morgan fingerprint density at radius 2 is 1.86 bits per heavy atom. The lowest BCUT2D eigenvalue weighted by atomic mass is 9.97. The van der Waals surface area contributed by atoms with Crippen LogP contribution < -0.4 is 0 Å². The van der Waals surface area contributed by atoms with Crippen LogP contribution in [0.25, 0.3) is 0 Å². The first-order valence-corrected chi connectivity index (χ1v) is 8.01. The van der Waals surface area contributed by atoms with Crippen molar-refractivity contribution in [2.75, 3.05) is 32.8 Å². The molecule has 0 unspecified atom stereocenters. The number of hydrogen-bond donors (Lipinski definition) is 0. The van der Waals surface area contributed by atoms with Crippen molar-refractivity contribution in [2.24, 2.45) is 0 Å². The average molecular weight is 295 g/mol. The SMILES string of the molecule is CC(C)c1nnc(C2CCN(CCC3OCCO3)CC2)o1. The van der Waals surface area contributed by atoms with Crippen LogP contribution in [0.5, 0.6) is 0 Å². The molecule has 2 aliphatic rings. The first-order chi connectivity index (χ1) is 10.2. The Morgan fingerprint density at radius 3 is 2.48 bits per heavy atom. The molecule has 21 heavy (non-hydrogen) atoms. The highest BCUT2D eigenvalue weighted by molar-refractivity contribution is 4.96. The standard InChI is InChI=1S/C15H25N3O3/c1-11(2)14-16-17-15(21-14)12-3-6-18(7-4-12)8-5-13-19-9-10-20-13/h11-13H,3-10H2,1-2H3. The van der Waals surface area contributed by atoms with Crippen LogP contribution in [0.1, 0.15) is 56.7 Å². The summed E-state index contributed by atoms with van der Waals surface area (Å²) in [4.78, 5) is 2.47. The number of aromatic nitrogens is 2. The fourth-order valence-electron chi connectivity index (χ4n) is 2.91. The van der Waals surface area contributed by atoms with Crippen molar-refractivity contribution in [1.82, 2.24) is 15.1 Å². The Kier molecular flexibility index (Phi) is 4.87. The highest BCUT2D eigenvalue weighted by atomic mass is 16.7. The van der Waals surface area contributed by atoms with Gasteiger partial charge in [0.1, 0.15) is 0 Å². The molecule has 0 atom stereocenters. The van der Waals surface area contributed by atoms with Gasteiger partial charge in [-0.2, -0.15) is 0 Å². The van der Waals surface area contributed by atoms with E-state index in [2.05, 4.69) is 28.9 Å². The van der Waals surface area contributed by atoms with Gasteiger partial charge < -0.3 is 18.8 Å². The molecule has 0 bridgehead atoms. The Balaban J connectivity index is 1.43. The number of rotatable bonds is 5. The highest BCUT2D eigenvalue weighted by Gasteiger charge is 2.26. The van der Waals surface area contributed by atoms with Gasteiger partial charge in [-0.3, -0.25) is 0 Å². The van der Waals surface area contributed by atoms with Gasteiger partial charge in [-0.1, -0.05) is 13.8 Å². The largest absolute Gasteiger partial charge is 0.425 e. The third kappa shape index (κ3) is 3.81. The topological polar surface area (TPSA) is 60.6 Å². The zero-order chi connectivity index (χ0) is 14.7. The van der Waals surface area contributed by atoms with Gasteiger partial charge in [0.05, 0.1) is 13.2 Å². The lowest BCUT2D eigenvalue weighted by molar-refractivity contribution is -0.0524. The second-order valence-electron chi connectivity index (χ2n) is 6.21. The van der Waals surface area contributed by atoms with E-state index in [9.17, 15) is 0 Å². The third-order valence-electron chi connectivity index (χ3n) is 4.26. The van der Waals surface area contributed by atoms with Crippen LogP contribution in [-0.2, 0) is 9.47 Å². The van der Waals surface area contributed by atoms with Crippen molar-refractivity contribution in [3.8, 4) is 0 Å². The van der Waals surface area contributed by atoms with E-state index in [4.69, 9.17) is 13.9 Å². The zero-order valence-corrected chi connectivity index (χ0v) is 13.0. The Hall–Kier alpha value is -0.980. The van der Waals surface area contributed by atoms with Gasteiger partial charge in [-0.25, -0.2) is 0 Å². The first-order valence-electron chi connectivity index (χ1n) is 8.01. The Bertz CT molecular complexity index is 435. The minimum Gasteiger partial charge on any atom is -0.425 e. The molecule has 0 radical (unpaired) electrons. The van der Waals surface area contributed by atoms with Gasteiger partial charge in [0.15, 0.2) is 6.29 Å². The van der Waals surface area contributed by atoms with Crippen LogP contribution in [0.15, 0.2) is 4.42 Å². The van der Waals surface area contributed by atoms with E-state index in [-0.39, 0.29) is 6.29 Å². The minimum absolute atomic E-state index is 0.00673. The molecule has 0 aromatic carbocycles. The van der Waals surface area contributed by atoms with Crippen LogP contribution in [0.2, 0.25) is 0 Å². The van der Waals surface area contributed by atoms with E-state index in [0.717, 1.165) is 63.9 Å². The summed E-state index contributed by atoms with van der Waals surface area (Å²) in [6.45, 7) is 8.83. The van der Waals surface area contributed by atoms with E-state index in [1.54, 1.807) is 0 Å². The monoisotopic (exact) mass is 295 g/mol. The molecule has 0 spiro atoms. The second kappa shape index (κ2) is 6.85. The third-order valence-corrected chi connectivity index (χ3v) is 4.26. The summed E-state index contributed by atoms with van der Waals surface area (Å²) in [6, 6.07) is 0. The quantitative estimate of drug-likeness (QED) is 0.829. The van der Waals surface area contributed by atoms with Crippen LogP contribution in [0.4, 0.5) is 0 Å². The number of nitrogens with zero attached hydrogens (tertiary/aromatic N) is 3. The Labute approximate surface area is 125 Å². The van der Waals surface area contributed by atoms with E-state index < -0.39 is 0 Å². The van der Waals surface area contributed by atoms with Crippen LogP contribution >= 0.6 is 0 Å². The molecule has 1 aromatic rings. The number of ether oxygens (including phenoxy) is 2. The van der Waals surface area contributed by atoms with Crippen molar-refractivity contribution in [1.29, 1.82) is 0 Å². The van der Waals surface area contributed by atoms with Crippen molar-refractivity contribution in [2.45, 2.75) is 51.2 Å². The van der Waals surface area contributed by atoms with Crippen LogP contribution in [0, 0.1) is 0 Å². The molecule has 118 valence electrons. The Morgan fingerprint density at radius 1 is 1.14 bits per heavy atom. The molecule has 6 nitrogen and oxygen atoms in total. The van der Waals surface area contributed by atoms with Gasteiger partial charge in [0, 0.05) is 24.8 Å². The molecule has 6 heteroatoms. The number of likely N-dealkylation sites (tertiary alicyclic amines) is 1. The average Bonchev–Trinajstić information content (AvgIpc) is 3.17. The fourth-order valence-corrected chi connectivity index (χ4v) is 2.91. The molecule has 0 N–H and O–H groups in total. The van der Waals surface area contributed by atoms with Crippen molar-refractivity contribution >= 4 is 0 Å². The second-order valence-corrected chi connectivity index (χ2v) is 6.21. The van der Waals surface area contributed by atoms with Crippen molar-refractivity contribution in [3.63, 3.8) is 0 Å². The molecule has 3 heterocycles. The summed E-state index contributed by atoms with van der Waals surface area (Å²) in [7, 11) is 0. The van der Waals surface area contributed by atoms with Crippen LogP contribution in [0.3, 0.4) is 0 Å². The van der Waals surface area contributed by atoms with Gasteiger partial charge in [0.2, 0.25) is 11.8 Å². The zero-order valence-electron chi connectivity index (χ0n) is 13.0. The van der Waals surface area contributed by atoms with E-state index in [1.807, 2.05) is 0 Å². The molecule has 2 aliphatic heterocycles. The first kappa shape index (κ1) is 14.9. The van der Waals surface area contributed by atoms with Gasteiger partial charge >= 0.3 is 0 Å². The number of piperidine rings is 1. The maximum atomic E-state index is 5.78. The molecule has 0 amide bonds. The molecule has 3 rings (SSSR count). The van der Waals surface area contributed by atoms with E-state index in [1.165, 1.54) is 0 Å². The van der Waals surface area contributed by atoms with Gasteiger partial charge in [0.25, 0.3) is 0 Å². The molecule has 2 fully saturated rings. The molecule has 0 saturated carbocycles. The van der Waals surface area contributed by atoms with E-state index >= 15 is 0 Å². The summed E-state index contributed by atoms with van der Waals surface area (Å²) in [6.07, 6.45) is 3.15. The molecular weight excluding hydrogens is 270 g/mol. The summed E-state index contributed by atoms with van der Waals surface area (Å²) >= 11 is 0. The smallest absolute Gasteiger partial charge is 0.219 e. The molecular formula is C15H25N3O3. The fraction of sp³-hybridized carbons (Fsp3) is 0.867. The van der Waals surface area contributed by atoms with Crippen molar-refractivity contribution < 1.29 is 13.9 Å². The van der Waals surface area contributed by atoms with Crippen LogP contribution in [-0.4, -0.2) is 54.2 Å². The molecule has 0 aliphatic carbocycles. The summed E-state index contributed by atoms with van der Waals surface area (Å²) < 4.78 is 16.7. The summed E-state index contributed by atoms with van der Waals surface area (Å²) in [5, 5.41) is 8.36. The highest BCUT2D eigenvalue weighted by Crippen LogP contribution is 2.28. The van der Waals surface area contributed by atoms with Gasteiger partial charge in [-0.15, -0.1) is 10.2 Å². The van der Waals surface area contributed by atoms with Gasteiger partial charge in [-0.05, 0) is 25.9 Å². The molecule has 1 aromatic heterocycles. The lowest BCUT2D eigenvalue weighted by Crippen LogP contribution is -2.35. The van der Waals surface area contributed by atoms with E-state index in [0.29, 0.717) is 11.8 Å². The minimum atomic E-state index is 0.00673.